The number of nitrogens with zero attached hydrogens (tertiary/aromatic N) is 2. The minimum atomic E-state index is -0.933. The van der Waals surface area contributed by atoms with E-state index in [0.29, 0.717) is 6.42 Å². The Bertz CT molecular complexity index is 700. The molecule has 4 heteroatoms. The molecule has 0 radical (unpaired) electrons. The Morgan fingerprint density at radius 3 is 2.52 bits per heavy atom. The van der Waals surface area contributed by atoms with Gasteiger partial charge in [-0.05, 0) is 49.7 Å². The molecular formula is C21H28N2O2. The largest absolute Gasteiger partial charge is 0.497 e. The minimum Gasteiger partial charge on any atom is -0.497 e. The molecule has 0 saturated carbocycles. The summed E-state index contributed by atoms with van der Waals surface area (Å²) < 4.78 is 5.25. The Morgan fingerprint density at radius 2 is 1.92 bits per heavy atom. The van der Waals surface area contributed by atoms with Gasteiger partial charge in [-0.1, -0.05) is 32.0 Å². The summed E-state index contributed by atoms with van der Waals surface area (Å²) in [5, 5.41) is 11.6. The molecule has 2 unspecified atom stereocenters. The van der Waals surface area contributed by atoms with E-state index in [9.17, 15) is 5.11 Å². The predicted molar refractivity (Wildman–Crippen MR) is 99.6 cm³/mol. The molecule has 2 atom stereocenters. The summed E-state index contributed by atoms with van der Waals surface area (Å²) in [6, 6.07) is 14.2. The molecule has 3 rings (SSSR count). The lowest BCUT2D eigenvalue weighted by atomic mass is 9.62. The molecule has 1 aromatic carbocycles. The number of methoxy groups -OCH3 is 1. The van der Waals surface area contributed by atoms with Gasteiger partial charge in [0.2, 0.25) is 0 Å². The van der Waals surface area contributed by atoms with E-state index < -0.39 is 5.60 Å². The summed E-state index contributed by atoms with van der Waals surface area (Å²) in [6.07, 6.45) is 3.33. The quantitative estimate of drug-likeness (QED) is 0.928. The number of benzene rings is 1. The zero-order valence-electron chi connectivity index (χ0n) is 15.6. The van der Waals surface area contributed by atoms with Crippen molar-refractivity contribution in [3.8, 4) is 5.75 Å². The number of ether oxygens (including phenoxy) is 1. The van der Waals surface area contributed by atoms with Crippen LogP contribution in [0.25, 0.3) is 0 Å². The van der Waals surface area contributed by atoms with Crippen LogP contribution in [0, 0.1) is 5.41 Å². The second-order valence-electron chi connectivity index (χ2n) is 7.60. The number of aliphatic hydroxyl groups is 1. The fraction of sp³-hybridized carbons (Fsp3) is 0.476. The van der Waals surface area contributed by atoms with Gasteiger partial charge < -0.3 is 14.7 Å². The minimum absolute atomic E-state index is 0.210. The van der Waals surface area contributed by atoms with Crippen LogP contribution in [0.1, 0.15) is 31.5 Å². The maximum Gasteiger partial charge on any atom is 0.118 e. The first-order valence-corrected chi connectivity index (χ1v) is 8.85. The Kier molecular flexibility index (Phi) is 4.85. The Morgan fingerprint density at radius 1 is 1.20 bits per heavy atom. The Balaban J connectivity index is 1.91. The van der Waals surface area contributed by atoms with Crippen molar-refractivity contribution in [2.45, 2.75) is 38.3 Å². The Hall–Kier alpha value is -1.91. The second kappa shape index (κ2) is 6.77. The summed E-state index contributed by atoms with van der Waals surface area (Å²) in [5.41, 5.74) is 0.746. The van der Waals surface area contributed by atoms with Crippen LogP contribution in [0.5, 0.6) is 5.75 Å². The third-order valence-corrected chi connectivity index (χ3v) is 5.93. The van der Waals surface area contributed by atoms with Crippen LogP contribution in [0.4, 0.5) is 0 Å². The van der Waals surface area contributed by atoms with Crippen molar-refractivity contribution in [3.05, 3.63) is 59.9 Å². The topological polar surface area (TPSA) is 45.6 Å². The fourth-order valence-electron chi connectivity index (χ4n) is 4.10. The number of piperidine rings is 1. The first-order chi connectivity index (χ1) is 11.9. The molecule has 0 amide bonds. The van der Waals surface area contributed by atoms with Gasteiger partial charge in [0.15, 0.2) is 0 Å². The standard InChI is InChI=1S/C21H28N2O2/c1-20(2)19(15-16-8-10-17(25-4)11-9-16)23(3)14-12-21(20,24)18-7-5-6-13-22-18/h5-11,13,19,24H,12,14-15H2,1-4H3. The van der Waals surface area contributed by atoms with Crippen molar-refractivity contribution in [2.75, 3.05) is 20.7 Å². The van der Waals surface area contributed by atoms with E-state index >= 15 is 0 Å². The number of likely N-dealkylation sites (tertiary alicyclic amines) is 1. The molecular weight excluding hydrogens is 312 g/mol. The smallest absolute Gasteiger partial charge is 0.118 e. The highest BCUT2D eigenvalue weighted by atomic mass is 16.5. The summed E-state index contributed by atoms with van der Waals surface area (Å²) >= 11 is 0. The van der Waals surface area contributed by atoms with Crippen LogP contribution in [0.2, 0.25) is 0 Å². The van der Waals surface area contributed by atoms with Gasteiger partial charge in [0, 0.05) is 24.2 Å². The normalized spacial score (nSPS) is 26.4. The van der Waals surface area contributed by atoms with E-state index in [2.05, 4.69) is 42.9 Å². The average molecular weight is 340 g/mol. The van der Waals surface area contributed by atoms with Crippen LogP contribution in [0.3, 0.4) is 0 Å². The lowest BCUT2D eigenvalue weighted by molar-refractivity contribution is -0.153. The number of hydrogen-bond donors (Lipinski definition) is 1. The number of rotatable bonds is 4. The summed E-state index contributed by atoms with van der Waals surface area (Å²) in [4.78, 5) is 6.84. The molecule has 1 aliphatic rings. The molecule has 1 fully saturated rings. The SMILES string of the molecule is COc1ccc(CC2N(C)CCC(O)(c3ccccn3)C2(C)C)cc1. The van der Waals surface area contributed by atoms with Crippen molar-refractivity contribution in [2.24, 2.45) is 5.41 Å². The van der Waals surface area contributed by atoms with Crippen molar-refractivity contribution >= 4 is 0 Å². The molecule has 25 heavy (non-hydrogen) atoms. The zero-order valence-corrected chi connectivity index (χ0v) is 15.6. The van der Waals surface area contributed by atoms with Gasteiger partial charge >= 0.3 is 0 Å². The average Bonchev–Trinajstić information content (AvgIpc) is 2.63. The van der Waals surface area contributed by atoms with E-state index in [1.54, 1.807) is 13.3 Å². The lowest BCUT2D eigenvalue weighted by Gasteiger charge is -2.54. The zero-order chi connectivity index (χ0) is 18.1. The van der Waals surface area contributed by atoms with Crippen LogP contribution in [-0.2, 0) is 12.0 Å². The second-order valence-corrected chi connectivity index (χ2v) is 7.60. The maximum atomic E-state index is 11.6. The van der Waals surface area contributed by atoms with Crippen LogP contribution in [-0.4, -0.2) is 41.7 Å². The van der Waals surface area contributed by atoms with Gasteiger partial charge in [-0.25, -0.2) is 0 Å². The summed E-state index contributed by atoms with van der Waals surface area (Å²) in [5.74, 6) is 0.866. The van der Waals surface area contributed by atoms with E-state index in [4.69, 9.17) is 4.74 Å². The van der Waals surface area contributed by atoms with Gasteiger partial charge in [0.1, 0.15) is 11.4 Å². The molecule has 1 aliphatic heterocycles. The predicted octanol–water partition coefficient (Wildman–Crippen LogP) is 3.25. The van der Waals surface area contributed by atoms with Crippen molar-refractivity contribution in [1.82, 2.24) is 9.88 Å². The van der Waals surface area contributed by atoms with Gasteiger partial charge in [-0.15, -0.1) is 0 Å². The van der Waals surface area contributed by atoms with E-state index in [-0.39, 0.29) is 11.5 Å². The molecule has 0 spiro atoms. The molecule has 1 aromatic heterocycles. The van der Waals surface area contributed by atoms with E-state index in [1.807, 2.05) is 30.3 Å². The van der Waals surface area contributed by atoms with Crippen molar-refractivity contribution < 1.29 is 9.84 Å². The molecule has 0 aliphatic carbocycles. The highest BCUT2D eigenvalue weighted by Crippen LogP contribution is 2.49. The first kappa shape index (κ1) is 17.9. The molecule has 0 bridgehead atoms. The number of hydrogen-bond acceptors (Lipinski definition) is 4. The van der Waals surface area contributed by atoms with Gasteiger partial charge in [-0.3, -0.25) is 4.98 Å². The van der Waals surface area contributed by atoms with Crippen molar-refractivity contribution in [1.29, 1.82) is 0 Å². The Labute approximate surface area is 150 Å². The molecule has 1 N–H and O–H groups in total. The third kappa shape index (κ3) is 3.16. The molecule has 2 aromatic rings. The summed E-state index contributed by atoms with van der Waals surface area (Å²) in [6.45, 7) is 5.16. The van der Waals surface area contributed by atoms with E-state index in [1.165, 1.54) is 5.56 Å². The van der Waals surface area contributed by atoms with Gasteiger partial charge in [0.05, 0.1) is 12.8 Å². The number of pyridine rings is 1. The molecule has 2 heterocycles. The van der Waals surface area contributed by atoms with Crippen LogP contribution >= 0.6 is 0 Å². The molecule has 134 valence electrons. The fourth-order valence-corrected chi connectivity index (χ4v) is 4.10. The lowest BCUT2D eigenvalue weighted by Crippen LogP contribution is -2.61. The van der Waals surface area contributed by atoms with Gasteiger partial charge in [-0.2, -0.15) is 0 Å². The van der Waals surface area contributed by atoms with Crippen molar-refractivity contribution in [3.63, 3.8) is 0 Å². The van der Waals surface area contributed by atoms with Gasteiger partial charge in [0.25, 0.3) is 0 Å². The molecule has 4 nitrogen and oxygen atoms in total. The molecule has 1 saturated heterocycles. The number of aromatic nitrogens is 1. The number of likely N-dealkylation sites (N-methyl/N-ethyl adjacent to an activating group) is 1. The van der Waals surface area contributed by atoms with E-state index in [0.717, 1.165) is 24.4 Å². The third-order valence-electron chi connectivity index (χ3n) is 5.93. The summed E-state index contributed by atoms with van der Waals surface area (Å²) in [7, 11) is 3.83. The monoisotopic (exact) mass is 340 g/mol. The van der Waals surface area contributed by atoms with Crippen LogP contribution in [0.15, 0.2) is 48.7 Å². The highest BCUT2D eigenvalue weighted by Gasteiger charge is 2.54. The van der Waals surface area contributed by atoms with Crippen LogP contribution < -0.4 is 4.74 Å². The first-order valence-electron chi connectivity index (χ1n) is 8.85. The highest BCUT2D eigenvalue weighted by molar-refractivity contribution is 5.29. The maximum absolute atomic E-state index is 11.6.